The standard InChI is InChI=1S/C22H31O2P/c1-15-9-11-17(21(3,4)5)13-19(15)25(23,24)20-14-18(22(6,7)8)12-10-16(20)2/h9-14H,1-8H3,(H,23,24). The normalized spacial score (nSPS) is 13.2. The van der Waals surface area contributed by atoms with Gasteiger partial charge in [0.25, 0.3) is 7.37 Å². The monoisotopic (exact) mass is 358 g/mol. The second-order valence-corrected chi connectivity index (χ2v) is 11.2. The number of benzene rings is 2. The zero-order valence-electron chi connectivity index (χ0n) is 16.8. The van der Waals surface area contributed by atoms with Crippen LogP contribution in [0.15, 0.2) is 36.4 Å². The molecule has 2 rings (SSSR count). The van der Waals surface area contributed by atoms with Crippen LogP contribution in [0.3, 0.4) is 0 Å². The van der Waals surface area contributed by atoms with Gasteiger partial charge in [-0.3, -0.25) is 4.57 Å². The van der Waals surface area contributed by atoms with Gasteiger partial charge >= 0.3 is 0 Å². The molecule has 25 heavy (non-hydrogen) atoms. The van der Waals surface area contributed by atoms with Crippen molar-refractivity contribution in [2.24, 2.45) is 0 Å². The van der Waals surface area contributed by atoms with Crippen molar-refractivity contribution in [2.75, 3.05) is 0 Å². The zero-order chi connectivity index (χ0) is 19.2. The Balaban J connectivity index is 2.70. The lowest BCUT2D eigenvalue weighted by molar-refractivity contribution is 0.500. The van der Waals surface area contributed by atoms with Crippen molar-refractivity contribution in [3.05, 3.63) is 58.7 Å². The molecule has 0 unspecified atom stereocenters. The fourth-order valence-electron chi connectivity index (χ4n) is 2.93. The molecule has 0 aliphatic carbocycles. The molecule has 0 atom stereocenters. The molecule has 3 heteroatoms. The smallest absolute Gasteiger partial charge is 0.259 e. The first-order valence-electron chi connectivity index (χ1n) is 8.81. The van der Waals surface area contributed by atoms with Crippen LogP contribution in [-0.2, 0) is 15.4 Å². The lowest BCUT2D eigenvalue weighted by Gasteiger charge is -2.25. The van der Waals surface area contributed by atoms with Gasteiger partial charge in [-0.1, -0.05) is 65.8 Å². The average Bonchev–Trinajstić information content (AvgIpc) is 2.45. The summed E-state index contributed by atoms with van der Waals surface area (Å²) in [5.74, 6) is 0. The molecule has 0 saturated carbocycles. The minimum absolute atomic E-state index is 0.0647. The van der Waals surface area contributed by atoms with E-state index in [0.717, 1.165) is 22.3 Å². The molecule has 0 aliphatic heterocycles. The molecule has 0 spiro atoms. The van der Waals surface area contributed by atoms with Gasteiger partial charge < -0.3 is 4.89 Å². The molecule has 0 amide bonds. The van der Waals surface area contributed by atoms with Crippen LogP contribution in [0, 0.1) is 13.8 Å². The highest BCUT2D eigenvalue weighted by Crippen LogP contribution is 2.42. The third-order valence-electron chi connectivity index (χ3n) is 4.80. The Hall–Kier alpha value is -1.37. The van der Waals surface area contributed by atoms with Crippen molar-refractivity contribution < 1.29 is 9.46 Å². The van der Waals surface area contributed by atoms with Crippen molar-refractivity contribution in [1.29, 1.82) is 0 Å². The van der Waals surface area contributed by atoms with Gasteiger partial charge in [0, 0.05) is 10.6 Å². The van der Waals surface area contributed by atoms with E-state index in [1.165, 1.54) is 0 Å². The zero-order valence-corrected chi connectivity index (χ0v) is 17.7. The first kappa shape index (κ1) is 19.9. The predicted molar refractivity (Wildman–Crippen MR) is 109 cm³/mol. The summed E-state index contributed by atoms with van der Waals surface area (Å²) in [4.78, 5) is 11.2. The van der Waals surface area contributed by atoms with Crippen LogP contribution in [0.4, 0.5) is 0 Å². The van der Waals surface area contributed by atoms with E-state index in [9.17, 15) is 9.46 Å². The highest BCUT2D eigenvalue weighted by Gasteiger charge is 2.30. The van der Waals surface area contributed by atoms with E-state index >= 15 is 0 Å². The molecule has 0 fully saturated rings. The van der Waals surface area contributed by atoms with E-state index in [0.29, 0.717) is 10.6 Å². The quantitative estimate of drug-likeness (QED) is 0.757. The minimum atomic E-state index is -3.67. The van der Waals surface area contributed by atoms with Crippen LogP contribution >= 0.6 is 7.37 Å². The van der Waals surface area contributed by atoms with Crippen LogP contribution in [0.2, 0.25) is 0 Å². The number of hydrogen-bond donors (Lipinski definition) is 1. The van der Waals surface area contributed by atoms with Crippen LogP contribution in [-0.4, -0.2) is 4.89 Å². The fraction of sp³-hybridized carbons (Fsp3) is 0.455. The van der Waals surface area contributed by atoms with Crippen molar-refractivity contribution in [1.82, 2.24) is 0 Å². The first-order valence-corrected chi connectivity index (χ1v) is 10.5. The molecular weight excluding hydrogens is 327 g/mol. The van der Waals surface area contributed by atoms with E-state index in [1.807, 2.05) is 38.1 Å². The summed E-state index contributed by atoms with van der Waals surface area (Å²) in [7, 11) is -3.67. The summed E-state index contributed by atoms with van der Waals surface area (Å²) in [5, 5.41) is 1.10. The molecule has 0 heterocycles. The van der Waals surface area contributed by atoms with Crippen LogP contribution in [0.25, 0.3) is 0 Å². The summed E-state index contributed by atoms with van der Waals surface area (Å²) in [6, 6.07) is 11.9. The van der Waals surface area contributed by atoms with Crippen LogP contribution < -0.4 is 10.6 Å². The van der Waals surface area contributed by atoms with E-state index in [4.69, 9.17) is 0 Å². The highest BCUT2D eigenvalue weighted by atomic mass is 31.2. The maximum Gasteiger partial charge on any atom is 0.259 e. The van der Waals surface area contributed by atoms with Crippen molar-refractivity contribution in [3.8, 4) is 0 Å². The molecule has 136 valence electrons. The van der Waals surface area contributed by atoms with Crippen LogP contribution in [0.1, 0.15) is 63.8 Å². The summed E-state index contributed by atoms with van der Waals surface area (Å²) in [5.41, 5.74) is 3.74. The van der Waals surface area contributed by atoms with Gasteiger partial charge in [-0.25, -0.2) is 0 Å². The van der Waals surface area contributed by atoms with E-state index in [-0.39, 0.29) is 10.8 Å². The van der Waals surface area contributed by atoms with E-state index < -0.39 is 7.37 Å². The van der Waals surface area contributed by atoms with Gasteiger partial charge in [0.1, 0.15) is 0 Å². The molecule has 2 nitrogen and oxygen atoms in total. The third kappa shape index (κ3) is 4.07. The number of aryl methyl sites for hydroxylation is 2. The first-order chi connectivity index (χ1) is 11.2. The highest BCUT2D eigenvalue weighted by molar-refractivity contribution is 7.73. The minimum Gasteiger partial charge on any atom is -0.338 e. The molecule has 0 aliphatic rings. The summed E-state index contributed by atoms with van der Waals surface area (Å²) in [6.45, 7) is 16.5. The Bertz CT molecular complexity index is 769. The number of rotatable bonds is 2. The number of hydrogen-bond acceptors (Lipinski definition) is 1. The van der Waals surface area contributed by atoms with E-state index in [2.05, 4.69) is 53.7 Å². The van der Waals surface area contributed by atoms with Gasteiger partial charge in [0.15, 0.2) is 0 Å². The Labute approximate surface area is 152 Å². The lowest BCUT2D eigenvalue weighted by atomic mass is 9.87. The second-order valence-electron chi connectivity index (χ2n) is 9.08. The third-order valence-corrected chi connectivity index (χ3v) is 7.07. The summed E-state index contributed by atoms with van der Waals surface area (Å²) in [6.07, 6.45) is 0. The molecule has 2 aromatic carbocycles. The topological polar surface area (TPSA) is 37.3 Å². The van der Waals surface area contributed by atoms with Crippen molar-refractivity contribution in [2.45, 2.75) is 66.2 Å². The average molecular weight is 358 g/mol. The molecule has 0 bridgehead atoms. The largest absolute Gasteiger partial charge is 0.338 e. The predicted octanol–water partition coefficient (Wildman–Crippen LogP) is 5.12. The van der Waals surface area contributed by atoms with Gasteiger partial charge in [-0.2, -0.15) is 0 Å². The summed E-state index contributed by atoms with van der Waals surface area (Å²) < 4.78 is 13.6. The molecule has 2 aromatic rings. The molecule has 0 saturated heterocycles. The van der Waals surface area contributed by atoms with Crippen LogP contribution in [0.5, 0.6) is 0 Å². The molecule has 0 radical (unpaired) electrons. The molecular formula is C22H31O2P. The lowest BCUT2D eigenvalue weighted by Crippen LogP contribution is -2.24. The Morgan fingerprint density at radius 2 is 1.04 bits per heavy atom. The molecule has 0 aromatic heterocycles. The fourth-order valence-corrected chi connectivity index (χ4v) is 4.93. The maximum absolute atomic E-state index is 13.6. The van der Waals surface area contributed by atoms with Crippen molar-refractivity contribution in [3.63, 3.8) is 0 Å². The SMILES string of the molecule is Cc1ccc(C(C)(C)C)cc1P(=O)(O)c1cc(C(C)(C)C)ccc1C. The van der Waals surface area contributed by atoms with Crippen molar-refractivity contribution >= 4 is 18.0 Å². The summed E-state index contributed by atoms with van der Waals surface area (Å²) >= 11 is 0. The van der Waals surface area contributed by atoms with E-state index in [1.54, 1.807) is 0 Å². The maximum atomic E-state index is 13.6. The van der Waals surface area contributed by atoms with Gasteiger partial charge in [0.05, 0.1) is 0 Å². The Kier molecular flexibility index (Phi) is 5.12. The van der Waals surface area contributed by atoms with Gasteiger partial charge in [0.2, 0.25) is 0 Å². The van der Waals surface area contributed by atoms with Gasteiger partial charge in [-0.15, -0.1) is 0 Å². The Morgan fingerprint density at radius 1 is 0.720 bits per heavy atom. The Morgan fingerprint density at radius 3 is 1.32 bits per heavy atom. The van der Waals surface area contributed by atoms with Gasteiger partial charge in [-0.05, 0) is 59.1 Å². The second kappa shape index (κ2) is 6.41. The molecule has 1 N–H and O–H groups in total.